The molecule has 0 aromatic carbocycles. The van der Waals surface area contributed by atoms with E-state index in [0.29, 0.717) is 12.6 Å². The molecule has 0 amide bonds. The van der Waals surface area contributed by atoms with Crippen LogP contribution in [0.2, 0.25) is 0 Å². The predicted molar refractivity (Wildman–Crippen MR) is 40.5 cm³/mol. The van der Waals surface area contributed by atoms with Gasteiger partial charge in [-0.1, -0.05) is 0 Å². The third-order valence-corrected chi connectivity index (χ3v) is 2.41. The van der Waals surface area contributed by atoms with Crippen molar-refractivity contribution in [2.75, 3.05) is 12.5 Å². The third-order valence-electron chi connectivity index (χ3n) is 1.14. The summed E-state index contributed by atoms with van der Waals surface area (Å²) in [5.74, 6) is 4.04. The monoisotopic (exact) mass is 181 g/mol. The summed E-state index contributed by atoms with van der Waals surface area (Å²) in [6.45, 7) is 0. The molecule has 0 aliphatic carbocycles. The number of nitrogens with two attached hydrogens (primary N) is 1. The zero-order chi connectivity index (χ0) is 8.69. The molecule has 0 aliphatic heterocycles. The van der Waals surface area contributed by atoms with E-state index in [4.69, 9.17) is 5.11 Å². The van der Waals surface area contributed by atoms with Gasteiger partial charge < -0.3 is 14.5 Å². The van der Waals surface area contributed by atoms with Crippen molar-refractivity contribution in [3.63, 3.8) is 0 Å². The van der Waals surface area contributed by atoms with E-state index in [0.717, 1.165) is 0 Å². The Morgan fingerprint density at radius 2 is 2.27 bits per heavy atom. The summed E-state index contributed by atoms with van der Waals surface area (Å²) in [6.07, 6.45) is 0.694. The minimum absolute atomic E-state index is 0.160. The van der Waals surface area contributed by atoms with Gasteiger partial charge in [-0.2, -0.15) is 5.90 Å². The topological polar surface area (TPSA) is 89.6 Å². The van der Waals surface area contributed by atoms with Crippen LogP contribution in [0.15, 0.2) is 0 Å². The second kappa shape index (κ2) is 6.34. The lowest BCUT2D eigenvalue weighted by Crippen LogP contribution is -2.09. The van der Waals surface area contributed by atoms with Crippen molar-refractivity contribution in [3.8, 4) is 0 Å². The number of aliphatic hydroxyl groups excluding tert-OH is 1. The summed E-state index contributed by atoms with van der Waals surface area (Å²) >= 11 is 0. The van der Waals surface area contributed by atoms with Crippen molar-refractivity contribution in [3.05, 3.63) is 0 Å². The highest BCUT2D eigenvalue weighted by atomic mass is 31.1. The van der Waals surface area contributed by atoms with E-state index in [-0.39, 0.29) is 12.8 Å². The number of carbonyl (C=O) groups excluding carboxylic acids is 1. The summed E-state index contributed by atoms with van der Waals surface area (Å²) in [6, 6.07) is 0. The van der Waals surface area contributed by atoms with E-state index < -0.39 is 13.8 Å². The second-order valence-corrected chi connectivity index (χ2v) is 3.93. The van der Waals surface area contributed by atoms with Crippen molar-refractivity contribution < 1.29 is 19.3 Å². The van der Waals surface area contributed by atoms with Crippen LogP contribution in [-0.2, 0) is 14.2 Å². The van der Waals surface area contributed by atoms with Crippen molar-refractivity contribution in [1.29, 1.82) is 0 Å². The Morgan fingerprint density at radius 1 is 1.64 bits per heavy atom. The quantitative estimate of drug-likeness (QED) is 0.448. The molecule has 0 aromatic rings. The van der Waals surface area contributed by atoms with Crippen LogP contribution in [0.1, 0.15) is 12.8 Å². The molecule has 0 heterocycles. The first kappa shape index (κ1) is 10.6. The molecule has 0 fully saturated rings. The number of carbonyl (C=O) groups is 1. The lowest BCUT2D eigenvalue weighted by Gasteiger charge is -1.97. The Labute approximate surface area is 65.3 Å². The summed E-state index contributed by atoms with van der Waals surface area (Å²) in [5, 5.41) is 8.35. The number of hydrogen-bond donors (Lipinski definition) is 2. The molecule has 5 nitrogen and oxygen atoms in total. The highest BCUT2D eigenvalue weighted by molar-refractivity contribution is 7.44. The molecular weight excluding hydrogens is 169 g/mol. The molecule has 0 saturated heterocycles. The van der Waals surface area contributed by atoms with Gasteiger partial charge in [-0.25, -0.2) is 0 Å². The summed E-state index contributed by atoms with van der Waals surface area (Å²) in [4.78, 5) is 14.3. The predicted octanol–water partition coefficient (Wildman–Crippen LogP) is -0.307. The Hall–Kier alpha value is -0.380. The second-order valence-electron chi connectivity index (χ2n) is 2.04. The van der Waals surface area contributed by atoms with Crippen molar-refractivity contribution in [2.24, 2.45) is 5.90 Å². The van der Waals surface area contributed by atoms with Gasteiger partial charge in [-0.15, -0.1) is 0 Å². The van der Waals surface area contributed by atoms with Crippen molar-refractivity contribution in [2.45, 2.75) is 12.8 Å². The molecule has 11 heavy (non-hydrogen) atoms. The molecule has 0 radical (unpaired) electrons. The average molecular weight is 181 g/mol. The Bertz CT molecular complexity index is 133. The van der Waals surface area contributed by atoms with E-state index in [1.165, 1.54) is 0 Å². The maximum absolute atomic E-state index is 10.6. The van der Waals surface area contributed by atoms with Crippen LogP contribution < -0.4 is 5.90 Å². The number of hydrogen-bond acceptors (Lipinski definition) is 5. The van der Waals surface area contributed by atoms with Gasteiger partial charge in [0.15, 0.2) is 0 Å². The summed E-state index contributed by atoms with van der Waals surface area (Å²) < 4.78 is 10.6. The fourth-order valence-electron chi connectivity index (χ4n) is 0.568. The molecule has 6 heteroatoms. The molecular formula is C5H12NO4P. The first-order valence-corrected chi connectivity index (χ1v) is 5.05. The molecule has 1 unspecified atom stereocenters. The highest BCUT2D eigenvalue weighted by Gasteiger charge is 2.02. The molecule has 3 N–H and O–H groups in total. The molecule has 1 atom stereocenters. The normalized spacial score (nSPS) is 12.5. The van der Waals surface area contributed by atoms with E-state index in [1.807, 2.05) is 0 Å². The largest absolute Gasteiger partial charge is 0.389 e. The molecule has 66 valence electrons. The SMILES string of the molecule is NOC(=O)CCC[PH](=O)CO. The van der Waals surface area contributed by atoms with Gasteiger partial charge in [0.1, 0.15) is 7.80 Å². The first-order chi connectivity index (χ1) is 5.20. The maximum Gasteiger partial charge on any atom is 0.324 e. The van der Waals surface area contributed by atoms with Crippen LogP contribution in [0.4, 0.5) is 0 Å². The summed E-state index contributed by atoms with van der Waals surface area (Å²) in [5.41, 5.74) is 0. The van der Waals surface area contributed by atoms with Gasteiger partial charge in [-0.05, 0) is 6.42 Å². The standard InChI is InChI=1S/C5H12NO4P/c6-10-5(8)2-1-3-11(9)4-7/h7,11H,1-4,6H2. The smallest absolute Gasteiger partial charge is 0.324 e. The molecule has 0 aromatic heterocycles. The van der Waals surface area contributed by atoms with Gasteiger partial charge in [0.05, 0.1) is 6.35 Å². The van der Waals surface area contributed by atoms with E-state index in [1.54, 1.807) is 0 Å². The minimum Gasteiger partial charge on any atom is -0.389 e. The Morgan fingerprint density at radius 3 is 2.73 bits per heavy atom. The van der Waals surface area contributed by atoms with E-state index in [2.05, 4.69) is 10.7 Å². The average Bonchev–Trinajstić information content (AvgIpc) is 2.04. The Kier molecular flexibility index (Phi) is 6.12. The fourth-order valence-corrected chi connectivity index (χ4v) is 1.30. The molecule has 0 saturated carbocycles. The van der Waals surface area contributed by atoms with Crippen LogP contribution in [-0.4, -0.2) is 23.6 Å². The van der Waals surface area contributed by atoms with Gasteiger partial charge in [-0.3, -0.25) is 4.79 Å². The molecule has 0 aliphatic rings. The third kappa shape index (κ3) is 6.04. The Balaban J connectivity index is 3.27. The first-order valence-electron chi connectivity index (χ1n) is 3.22. The van der Waals surface area contributed by atoms with Crippen LogP contribution in [0, 0.1) is 0 Å². The van der Waals surface area contributed by atoms with Gasteiger partial charge >= 0.3 is 5.97 Å². The molecule has 0 bridgehead atoms. The highest BCUT2D eigenvalue weighted by Crippen LogP contribution is 2.19. The zero-order valence-corrected chi connectivity index (χ0v) is 7.08. The lowest BCUT2D eigenvalue weighted by molar-refractivity contribution is -0.144. The van der Waals surface area contributed by atoms with Gasteiger partial charge in [0, 0.05) is 12.6 Å². The van der Waals surface area contributed by atoms with Gasteiger partial charge in [0.2, 0.25) is 0 Å². The van der Waals surface area contributed by atoms with Crippen molar-refractivity contribution >= 4 is 13.8 Å². The molecule has 0 rings (SSSR count). The lowest BCUT2D eigenvalue weighted by atomic mass is 10.3. The number of rotatable bonds is 5. The van der Waals surface area contributed by atoms with E-state index >= 15 is 0 Å². The molecule has 0 spiro atoms. The summed E-state index contributed by atoms with van der Waals surface area (Å²) in [7, 11) is -1.88. The number of aliphatic hydroxyl groups is 1. The van der Waals surface area contributed by atoms with Crippen LogP contribution in [0.5, 0.6) is 0 Å². The van der Waals surface area contributed by atoms with Crippen LogP contribution in [0.3, 0.4) is 0 Å². The van der Waals surface area contributed by atoms with Crippen molar-refractivity contribution in [1.82, 2.24) is 0 Å². The minimum atomic E-state index is -1.88. The van der Waals surface area contributed by atoms with Crippen LogP contribution >= 0.6 is 7.80 Å². The van der Waals surface area contributed by atoms with Crippen LogP contribution in [0.25, 0.3) is 0 Å². The van der Waals surface area contributed by atoms with E-state index in [9.17, 15) is 9.36 Å². The maximum atomic E-state index is 10.6. The fraction of sp³-hybridized carbons (Fsp3) is 0.800. The zero-order valence-electron chi connectivity index (χ0n) is 6.08. The van der Waals surface area contributed by atoms with Gasteiger partial charge in [0.25, 0.3) is 0 Å².